The van der Waals surface area contributed by atoms with Crippen LogP contribution in [0.5, 0.6) is 11.5 Å². The van der Waals surface area contributed by atoms with E-state index < -0.39 is 0 Å². The third kappa shape index (κ3) is 5.72. The van der Waals surface area contributed by atoms with E-state index in [2.05, 4.69) is 15.5 Å². The van der Waals surface area contributed by atoms with Crippen molar-refractivity contribution in [1.82, 2.24) is 14.8 Å². The van der Waals surface area contributed by atoms with Crippen LogP contribution in [0.4, 0.5) is 5.69 Å². The van der Waals surface area contributed by atoms with Crippen molar-refractivity contribution >= 4 is 23.4 Å². The molecule has 4 aromatic rings. The molecule has 3 aromatic carbocycles. The first-order valence-corrected chi connectivity index (χ1v) is 11.4. The van der Waals surface area contributed by atoms with Crippen LogP contribution in [0.1, 0.15) is 18.9 Å². The predicted octanol–water partition coefficient (Wildman–Crippen LogP) is 5.15. The topological polar surface area (TPSA) is 78.3 Å². The summed E-state index contributed by atoms with van der Waals surface area (Å²) >= 11 is 1.32. The van der Waals surface area contributed by atoms with Crippen molar-refractivity contribution in [1.29, 1.82) is 0 Å². The number of carbonyl (C=O) groups is 1. The van der Waals surface area contributed by atoms with E-state index in [0.717, 1.165) is 17.1 Å². The number of para-hydroxylation sites is 2. The van der Waals surface area contributed by atoms with Crippen molar-refractivity contribution < 1.29 is 14.3 Å². The zero-order valence-corrected chi connectivity index (χ0v) is 19.2. The molecule has 0 spiro atoms. The maximum absolute atomic E-state index is 12.4. The fourth-order valence-electron chi connectivity index (χ4n) is 3.22. The van der Waals surface area contributed by atoms with E-state index in [9.17, 15) is 4.79 Å². The van der Waals surface area contributed by atoms with Gasteiger partial charge in [-0.15, -0.1) is 10.2 Å². The van der Waals surface area contributed by atoms with Crippen LogP contribution >= 0.6 is 11.8 Å². The summed E-state index contributed by atoms with van der Waals surface area (Å²) < 4.78 is 13.2. The summed E-state index contributed by atoms with van der Waals surface area (Å²) in [6.45, 7) is 1.92. The Morgan fingerprint density at radius 3 is 2.24 bits per heavy atom. The van der Waals surface area contributed by atoms with Gasteiger partial charge in [0.1, 0.15) is 11.5 Å². The zero-order valence-electron chi connectivity index (χ0n) is 18.3. The lowest BCUT2D eigenvalue weighted by atomic mass is 10.3. The van der Waals surface area contributed by atoms with Crippen LogP contribution in [0.3, 0.4) is 0 Å². The number of rotatable bonds is 9. The average Bonchev–Trinajstić information content (AvgIpc) is 3.28. The normalized spacial score (nSPS) is 11.6. The number of aromatic nitrogens is 3. The van der Waals surface area contributed by atoms with Crippen molar-refractivity contribution in [3.05, 3.63) is 90.8 Å². The summed E-state index contributed by atoms with van der Waals surface area (Å²) in [6, 6.07) is 26.6. The fourth-order valence-corrected chi connectivity index (χ4v) is 3.98. The van der Waals surface area contributed by atoms with Crippen molar-refractivity contribution in [2.24, 2.45) is 0 Å². The Balaban J connectivity index is 1.53. The molecule has 0 saturated carbocycles. The van der Waals surface area contributed by atoms with Crippen LogP contribution in [-0.4, -0.2) is 33.5 Å². The van der Waals surface area contributed by atoms with Gasteiger partial charge in [-0.1, -0.05) is 48.2 Å². The van der Waals surface area contributed by atoms with E-state index in [0.29, 0.717) is 16.7 Å². The standard InChI is InChI=1S/C25H24N4O3S/c1-18(32-22-15-13-21(31-2)14-16-22)24-27-28-25(29(24)20-11-7-4-8-12-20)33-17-23(30)26-19-9-5-3-6-10-19/h3-16,18H,17H2,1-2H3,(H,26,30). The van der Waals surface area contributed by atoms with Gasteiger partial charge in [-0.3, -0.25) is 9.36 Å². The first-order valence-electron chi connectivity index (χ1n) is 10.4. The number of hydrogen-bond acceptors (Lipinski definition) is 6. The fraction of sp³-hybridized carbons (Fsp3) is 0.160. The molecule has 1 atom stereocenters. The Morgan fingerprint density at radius 2 is 1.58 bits per heavy atom. The molecule has 33 heavy (non-hydrogen) atoms. The van der Waals surface area contributed by atoms with Gasteiger partial charge < -0.3 is 14.8 Å². The lowest BCUT2D eigenvalue weighted by molar-refractivity contribution is -0.113. The molecule has 8 heteroatoms. The molecule has 0 fully saturated rings. The monoisotopic (exact) mass is 460 g/mol. The van der Waals surface area contributed by atoms with E-state index >= 15 is 0 Å². The minimum atomic E-state index is -0.376. The molecule has 1 N–H and O–H groups in total. The van der Waals surface area contributed by atoms with Crippen molar-refractivity contribution in [2.75, 3.05) is 18.2 Å². The molecule has 1 heterocycles. The molecule has 1 unspecified atom stereocenters. The Labute approximate surface area is 196 Å². The quantitative estimate of drug-likeness (QED) is 0.348. The van der Waals surface area contributed by atoms with Crippen LogP contribution in [0, 0.1) is 0 Å². The van der Waals surface area contributed by atoms with E-state index in [1.807, 2.05) is 96.4 Å². The van der Waals surface area contributed by atoms with Gasteiger partial charge in [0.15, 0.2) is 17.1 Å². The van der Waals surface area contributed by atoms with Gasteiger partial charge in [-0.2, -0.15) is 0 Å². The molecule has 1 aromatic heterocycles. The molecular formula is C25H24N4O3S. The predicted molar refractivity (Wildman–Crippen MR) is 129 cm³/mol. The van der Waals surface area contributed by atoms with Crippen molar-refractivity contribution in [2.45, 2.75) is 18.2 Å². The van der Waals surface area contributed by atoms with E-state index in [4.69, 9.17) is 9.47 Å². The smallest absolute Gasteiger partial charge is 0.234 e. The summed E-state index contributed by atoms with van der Waals surface area (Å²) in [5.74, 6) is 2.19. The summed E-state index contributed by atoms with van der Waals surface area (Å²) in [7, 11) is 1.63. The second kappa shape index (κ2) is 10.7. The third-order valence-corrected chi connectivity index (χ3v) is 5.73. The van der Waals surface area contributed by atoms with Gasteiger partial charge >= 0.3 is 0 Å². The summed E-state index contributed by atoms with van der Waals surface area (Å²) in [6.07, 6.45) is -0.376. The average molecular weight is 461 g/mol. The maximum Gasteiger partial charge on any atom is 0.234 e. The number of nitrogens with one attached hydrogen (secondary N) is 1. The van der Waals surface area contributed by atoms with Gasteiger partial charge in [0.2, 0.25) is 5.91 Å². The number of benzene rings is 3. The highest BCUT2D eigenvalue weighted by Gasteiger charge is 2.21. The number of amides is 1. The first kappa shape index (κ1) is 22.4. The number of anilines is 1. The van der Waals surface area contributed by atoms with Crippen molar-refractivity contribution in [3.63, 3.8) is 0 Å². The molecule has 1 amide bonds. The SMILES string of the molecule is COc1ccc(OC(C)c2nnc(SCC(=O)Nc3ccccc3)n2-c2ccccc2)cc1. The molecule has 7 nitrogen and oxygen atoms in total. The number of carbonyl (C=O) groups excluding carboxylic acids is 1. The Morgan fingerprint density at radius 1 is 0.939 bits per heavy atom. The van der Waals surface area contributed by atoms with Crippen LogP contribution in [0.15, 0.2) is 90.1 Å². The van der Waals surface area contributed by atoms with Gasteiger partial charge in [0.25, 0.3) is 0 Å². The lowest BCUT2D eigenvalue weighted by Gasteiger charge is -2.17. The second-order valence-electron chi connectivity index (χ2n) is 7.15. The van der Waals surface area contributed by atoms with E-state index in [-0.39, 0.29) is 17.8 Å². The summed E-state index contributed by atoms with van der Waals surface area (Å²) in [5.41, 5.74) is 1.66. The van der Waals surface area contributed by atoms with Gasteiger partial charge in [0, 0.05) is 11.4 Å². The number of methoxy groups -OCH3 is 1. The zero-order chi connectivity index (χ0) is 23.0. The summed E-state index contributed by atoms with van der Waals surface area (Å²) in [5, 5.41) is 12.3. The highest BCUT2D eigenvalue weighted by molar-refractivity contribution is 7.99. The minimum Gasteiger partial charge on any atom is -0.497 e. The highest BCUT2D eigenvalue weighted by atomic mass is 32.2. The minimum absolute atomic E-state index is 0.113. The Hall–Kier alpha value is -3.78. The Kier molecular flexibility index (Phi) is 7.26. The van der Waals surface area contributed by atoms with Crippen LogP contribution in [-0.2, 0) is 4.79 Å². The van der Waals surface area contributed by atoms with Crippen LogP contribution < -0.4 is 14.8 Å². The molecule has 0 bridgehead atoms. The molecule has 0 aliphatic carbocycles. The number of thioether (sulfide) groups is 1. The van der Waals surface area contributed by atoms with Crippen LogP contribution in [0.2, 0.25) is 0 Å². The lowest BCUT2D eigenvalue weighted by Crippen LogP contribution is -2.15. The van der Waals surface area contributed by atoms with Crippen molar-refractivity contribution in [3.8, 4) is 17.2 Å². The van der Waals surface area contributed by atoms with E-state index in [1.165, 1.54) is 11.8 Å². The molecule has 168 valence electrons. The molecule has 0 saturated heterocycles. The van der Waals surface area contributed by atoms with Gasteiger partial charge in [0.05, 0.1) is 12.9 Å². The largest absolute Gasteiger partial charge is 0.497 e. The van der Waals surface area contributed by atoms with E-state index in [1.54, 1.807) is 7.11 Å². The first-order chi connectivity index (χ1) is 16.1. The number of nitrogens with zero attached hydrogens (tertiary/aromatic N) is 3. The molecule has 0 aliphatic heterocycles. The molecule has 0 radical (unpaired) electrons. The number of ether oxygens (including phenoxy) is 2. The second-order valence-corrected chi connectivity index (χ2v) is 8.09. The van der Waals surface area contributed by atoms with Gasteiger partial charge in [-0.25, -0.2) is 0 Å². The van der Waals surface area contributed by atoms with Gasteiger partial charge in [-0.05, 0) is 55.5 Å². The Bertz CT molecular complexity index is 1180. The molecule has 4 rings (SSSR count). The molecule has 0 aliphatic rings. The third-order valence-electron chi connectivity index (χ3n) is 4.80. The number of hydrogen-bond donors (Lipinski definition) is 1. The highest BCUT2D eigenvalue weighted by Crippen LogP contribution is 2.28. The maximum atomic E-state index is 12.4. The van der Waals surface area contributed by atoms with Crippen LogP contribution in [0.25, 0.3) is 5.69 Å². The summed E-state index contributed by atoms with van der Waals surface area (Å²) in [4.78, 5) is 12.4. The molecular weight excluding hydrogens is 436 g/mol.